The highest BCUT2D eigenvalue weighted by Gasteiger charge is 2.08. The van der Waals surface area contributed by atoms with Gasteiger partial charge in [-0.15, -0.1) is 0 Å². The zero-order valence-electron chi connectivity index (χ0n) is 7.28. The second-order valence-corrected chi connectivity index (χ2v) is 3.52. The first-order valence-corrected chi connectivity index (χ1v) is 4.83. The third kappa shape index (κ3) is 2.78. The number of hydrogen-bond donors (Lipinski definition) is 0. The number of nitrogens with zero attached hydrogens (tertiary/aromatic N) is 1. The topological polar surface area (TPSA) is 61.7 Å². The summed E-state index contributed by atoms with van der Waals surface area (Å²) in [5.41, 5.74) is 0.706. The number of allylic oxidation sites excluding steroid dienone is 2. The molecule has 0 amide bonds. The molecule has 0 aliphatic carbocycles. The summed E-state index contributed by atoms with van der Waals surface area (Å²) in [6.07, 6.45) is 1.38. The Kier molecular flexibility index (Phi) is 3.39. The molecule has 1 aliphatic rings. The first kappa shape index (κ1) is 10.1. The molecular formula is C8H10NO3S-. The molecule has 0 aromatic rings. The van der Waals surface area contributed by atoms with Crippen LogP contribution in [0.1, 0.15) is 6.92 Å². The first-order valence-electron chi connectivity index (χ1n) is 3.75. The Morgan fingerprint density at radius 2 is 2.54 bits per heavy atom. The van der Waals surface area contributed by atoms with Crippen molar-refractivity contribution in [1.29, 1.82) is 0 Å². The van der Waals surface area contributed by atoms with Crippen LogP contribution in [-0.2, 0) is 15.8 Å². The highest BCUT2D eigenvalue weighted by molar-refractivity contribution is 7.83. The van der Waals surface area contributed by atoms with Crippen molar-refractivity contribution in [2.45, 2.75) is 6.92 Å². The molecule has 72 valence electrons. The Bertz CT molecular complexity index is 307. The lowest BCUT2D eigenvalue weighted by Gasteiger charge is -2.15. The van der Waals surface area contributed by atoms with Gasteiger partial charge < -0.3 is 9.29 Å². The van der Waals surface area contributed by atoms with Crippen LogP contribution in [0.2, 0.25) is 0 Å². The van der Waals surface area contributed by atoms with Crippen molar-refractivity contribution < 1.29 is 13.5 Å². The standard InChI is InChI=1S/C8H11NO3S/c1-6(13(10)11)5-8-7(2)9-3-4-12-8/h5H,1,3-4H2,2H3,(H,10,11)/p-1/b8-5+. The van der Waals surface area contributed by atoms with Gasteiger partial charge in [0.1, 0.15) is 12.4 Å². The van der Waals surface area contributed by atoms with Crippen molar-refractivity contribution in [3.8, 4) is 0 Å². The fourth-order valence-corrected chi connectivity index (χ4v) is 1.10. The molecule has 1 unspecified atom stereocenters. The van der Waals surface area contributed by atoms with Crippen LogP contribution in [0.15, 0.2) is 28.3 Å². The fourth-order valence-electron chi connectivity index (χ4n) is 0.892. The molecule has 0 bridgehead atoms. The highest BCUT2D eigenvalue weighted by Crippen LogP contribution is 2.10. The second-order valence-electron chi connectivity index (χ2n) is 2.53. The molecule has 5 heteroatoms. The average Bonchev–Trinajstić information content (AvgIpc) is 2.08. The monoisotopic (exact) mass is 200 g/mol. The number of rotatable bonds is 2. The maximum absolute atomic E-state index is 10.4. The molecule has 0 spiro atoms. The normalized spacial score (nSPS) is 22.0. The molecule has 0 aromatic heterocycles. The zero-order chi connectivity index (χ0) is 9.84. The minimum absolute atomic E-state index is 0.00597. The van der Waals surface area contributed by atoms with Gasteiger partial charge in [0.05, 0.1) is 12.3 Å². The van der Waals surface area contributed by atoms with Gasteiger partial charge in [-0.2, -0.15) is 0 Å². The van der Waals surface area contributed by atoms with Crippen LogP contribution in [0.4, 0.5) is 0 Å². The highest BCUT2D eigenvalue weighted by atomic mass is 32.2. The van der Waals surface area contributed by atoms with Crippen LogP contribution >= 0.6 is 0 Å². The van der Waals surface area contributed by atoms with Crippen molar-refractivity contribution in [2.75, 3.05) is 13.2 Å². The molecular weight excluding hydrogens is 190 g/mol. The summed E-state index contributed by atoms with van der Waals surface area (Å²) >= 11 is -2.28. The molecule has 1 heterocycles. The molecule has 0 aromatic carbocycles. The Morgan fingerprint density at radius 1 is 1.85 bits per heavy atom. The van der Waals surface area contributed by atoms with E-state index in [0.717, 1.165) is 0 Å². The van der Waals surface area contributed by atoms with Crippen LogP contribution in [0.5, 0.6) is 0 Å². The van der Waals surface area contributed by atoms with E-state index < -0.39 is 11.1 Å². The summed E-state index contributed by atoms with van der Waals surface area (Å²) in [5, 5.41) is 0. The number of aliphatic imine (C=N–C) groups is 1. The SMILES string of the molecule is C=C(/C=C1/OCCN=C1C)S(=O)[O-]. The van der Waals surface area contributed by atoms with Crippen molar-refractivity contribution in [3.63, 3.8) is 0 Å². The molecule has 0 radical (unpaired) electrons. The maximum Gasteiger partial charge on any atom is 0.141 e. The fraction of sp³-hybridized carbons (Fsp3) is 0.375. The predicted molar refractivity (Wildman–Crippen MR) is 50.1 cm³/mol. The summed E-state index contributed by atoms with van der Waals surface area (Å²) in [4.78, 5) is 4.11. The lowest BCUT2D eigenvalue weighted by Crippen LogP contribution is -2.13. The third-order valence-corrected chi connectivity index (χ3v) is 2.11. The largest absolute Gasteiger partial charge is 0.768 e. The van der Waals surface area contributed by atoms with Crippen molar-refractivity contribution in [2.24, 2.45) is 4.99 Å². The maximum atomic E-state index is 10.4. The van der Waals surface area contributed by atoms with E-state index in [4.69, 9.17) is 4.74 Å². The van der Waals surface area contributed by atoms with E-state index in [9.17, 15) is 8.76 Å². The van der Waals surface area contributed by atoms with E-state index in [1.807, 2.05) is 0 Å². The van der Waals surface area contributed by atoms with E-state index in [0.29, 0.717) is 24.6 Å². The van der Waals surface area contributed by atoms with Gasteiger partial charge in [-0.1, -0.05) is 6.58 Å². The van der Waals surface area contributed by atoms with Crippen molar-refractivity contribution >= 4 is 16.8 Å². The van der Waals surface area contributed by atoms with Crippen LogP contribution < -0.4 is 0 Å². The average molecular weight is 200 g/mol. The van der Waals surface area contributed by atoms with Gasteiger partial charge in [-0.25, -0.2) is 0 Å². The molecule has 0 fully saturated rings. The van der Waals surface area contributed by atoms with E-state index in [-0.39, 0.29) is 4.91 Å². The summed E-state index contributed by atoms with van der Waals surface area (Å²) in [6, 6.07) is 0. The second kappa shape index (κ2) is 4.34. The van der Waals surface area contributed by atoms with Crippen LogP contribution in [0.3, 0.4) is 0 Å². The minimum atomic E-state index is -2.28. The molecule has 13 heavy (non-hydrogen) atoms. The van der Waals surface area contributed by atoms with Crippen molar-refractivity contribution in [1.82, 2.24) is 0 Å². The first-order chi connectivity index (χ1) is 6.11. The summed E-state index contributed by atoms with van der Waals surface area (Å²) < 4.78 is 26.1. The summed E-state index contributed by atoms with van der Waals surface area (Å²) in [5.74, 6) is 0.487. The van der Waals surface area contributed by atoms with E-state index >= 15 is 0 Å². The van der Waals surface area contributed by atoms with Gasteiger partial charge in [-0.05, 0) is 24.1 Å². The van der Waals surface area contributed by atoms with Gasteiger partial charge in [0.15, 0.2) is 0 Å². The molecule has 1 aliphatic heterocycles. The number of hydrogen-bond acceptors (Lipinski definition) is 4. The molecule has 1 atom stereocenters. The molecule has 1 rings (SSSR count). The molecule has 0 saturated carbocycles. The van der Waals surface area contributed by atoms with Gasteiger partial charge in [0.25, 0.3) is 0 Å². The molecule has 0 N–H and O–H groups in total. The predicted octanol–water partition coefficient (Wildman–Crippen LogP) is 0.754. The van der Waals surface area contributed by atoms with Gasteiger partial charge in [0.2, 0.25) is 0 Å². The zero-order valence-corrected chi connectivity index (χ0v) is 8.10. The lowest BCUT2D eigenvalue weighted by atomic mass is 10.3. The van der Waals surface area contributed by atoms with Gasteiger partial charge in [-0.3, -0.25) is 9.20 Å². The van der Waals surface area contributed by atoms with Crippen LogP contribution in [-0.4, -0.2) is 27.6 Å². The van der Waals surface area contributed by atoms with E-state index in [1.165, 1.54) is 6.08 Å². The molecule has 0 saturated heterocycles. The summed E-state index contributed by atoms with van der Waals surface area (Å²) in [7, 11) is 0. The quantitative estimate of drug-likeness (QED) is 0.618. The van der Waals surface area contributed by atoms with Gasteiger partial charge >= 0.3 is 0 Å². The molecule has 4 nitrogen and oxygen atoms in total. The Balaban J connectivity index is 2.81. The van der Waals surface area contributed by atoms with Crippen LogP contribution in [0, 0.1) is 0 Å². The van der Waals surface area contributed by atoms with E-state index in [1.54, 1.807) is 6.92 Å². The Labute approximate surface area is 79.3 Å². The summed E-state index contributed by atoms with van der Waals surface area (Å²) in [6.45, 7) is 6.24. The third-order valence-electron chi connectivity index (χ3n) is 1.56. The number of ether oxygens (including phenoxy) is 1. The Morgan fingerprint density at radius 3 is 3.08 bits per heavy atom. The Hall–Kier alpha value is -0.940. The minimum Gasteiger partial charge on any atom is -0.768 e. The van der Waals surface area contributed by atoms with E-state index in [2.05, 4.69) is 11.6 Å². The smallest absolute Gasteiger partial charge is 0.141 e. The lowest BCUT2D eigenvalue weighted by molar-refractivity contribution is 0.231. The van der Waals surface area contributed by atoms with Gasteiger partial charge in [0, 0.05) is 4.91 Å². The van der Waals surface area contributed by atoms with Crippen molar-refractivity contribution in [3.05, 3.63) is 23.3 Å². The van der Waals surface area contributed by atoms with Crippen LogP contribution in [0.25, 0.3) is 0 Å².